The van der Waals surface area contributed by atoms with Gasteiger partial charge >= 0.3 is 0 Å². The van der Waals surface area contributed by atoms with Crippen molar-refractivity contribution >= 4 is 67.9 Å². The Hall–Kier alpha value is -4.40. The Morgan fingerprint density at radius 2 is 1.84 bits per heavy atom. The number of nitro groups is 1. The van der Waals surface area contributed by atoms with Gasteiger partial charge in [-0.05, 0) is 88.2 Å². The first-order valence-electron chi connectivity index (χ1n) is 14.0. The molecule has 0 bridgehead atoms. The summed E-state index contributed by atoms with van der Waals surface area (Å²) in [4.78, 5) is 52.6. The van der Waals surface area contributed by atoms with Gasteiger partial charge in [0.25, 0.3) is 16.8 Å². The highest BCUT2D eigenvalue weighted by Crippen LogP contribution is 2.40. The van der Waals surface area contributed by atoms with E-state index in [9.17, 15) is 24.5 Å². The number of benzene rings is 3. The van der Waals surface area contributed by atoms with Gasteiger partial charge in [0.1, 0.15) is 13.2 Å². The quantitative estimate of drug-likeness (QED) is 0.148. The second kappa shape index (κ2) is 14.6. The Balaban J connectivity index is 1.27. The van der Waals surface area contributed by atoms with Crippen molar-refractivity contribution in [2.75, 3.05) is 49.7 Å². The maximum Gasteiger partial charge on any atom is 0.294 e. The number of nitro benzene ring substituents is 1. The molecule has 0 aromatic heterocycles. The first-order chi connectivity index (χ1) is 21.7. The van der Waals surface area contributed by atoms with Crippen molar-refractivity contribution in [1.29, 1.82) is 0 Å². The highest BCUT2D eigenvalue weighted by atomic mass is 79.9. The predicted octanol–water partition coefficient (Wildman–Crippen LogP) is 5.85. The van der Waals surface area contributed by atoms with Gasteiger partial charge in [0.15, 0.2) is 11.5 Å². The lowest BCUT2D eigenvalue weighted by atomic mass is 10.1. The molecule has 12 nitrogen and oxygen atoms in total. The number of thioether (sulfide) groups is 1. The molecule has 3 aromatic carbocycles. The van der Waals surface area contributed by atoms with E-state index < -0.39 is 28.5 Å². The number of morpholine rings is 1. The number of nitrogens with one attached hydrogen (secondary N) is 1. The molecular weight excluding hydrogens is 668 g/mol. The second-order valence-electron chi connectivity index (χ2n) is 9.91. The zero-order valence-corrected chi connectivity index (χ0v) is 26.6. The Labute approximate surface area is 271 Å². The number of rotatable bonds is 11. The molecule has 2 saturated heterocycles. The van der Waals surface area contributed by atoms with Gasteiger partial charge in [0.2, 0.25) is 5.91 Å². The third kappa shape index (κ3) is 7.82. The van der Waals surface area contributed by atoms with Crippen molar-refractivity contribution in [1.82, 2.24) is 4.90 Å². The summed E-state index contributed by atoms with van der Waals surface area (Å²) in [5.74, 6) is -0.253. The monoisotopic (exact) mass is 696 g/mol. The molecule has 0 saturated carbocycles. The molecule has 234 valence electrons. The molecule has 2 fully saturated rings. The molecule has 2 heterocycles. The molecule has 3 amide bonds. The molecule has 0 radical (unpaired) electrons. The lowest BCUT2D eigenvalue weighted by Crippen LogP contribution is -2.38. The van der Waals surface area contributed by atoms with Crippen molar-refractivity contribution < 1.29 is 33.5 Å². The highest BCUT2D eigenvalue weighted by Gasteiger charge is 2.36. The Bertz CT molecular complexity index is 1640. The molecule has 2 aliphatic heterocycles. The van der Waals surface area contributed by atoms with E-state index in [1.54, 1.807) is 36.4 Å². The number of amides is 3. The Morgan fingerprint density at radius 1 is 1.11 bits per heavy atom. The van der Waals surface area contributed by atoms with Crippen LogP contribution in [-0.2, 0) is 20.9 Å². The fourth-order valence-corrected chi connectivity index (χ4v) is 6.14. The summed E-state index contributed by atoms with van der Waals surface area (Å²) in [5, 5.41) is 13.2. The molecule has 2 aliphatic rings. The van der Waals surface area contributed by atoms with Gasteiger partial charge in [-0.2, -0.15) is 0 Å². The summed E-state index contributed by atoms with van der Waals surface area (Å²) in [5.41, 5.74) is 2.72. The average Bonchev–Trinajstić information content (AvgIpc) is 3.28. The van der Waals surface area contributed by atoms with E-state index in [1.807, 2.05) is 25.1 Å². The van der Waals surface area contributed by atoms with Crippen LogP contribution in [0.2, 0.25) is 0 Å². The number of anilines is 2. The highest BCUT2D eigenvalue weighted by molar-refractivity contribution is 9.10. The summed E-state index contributed by atoms with van der Waals surface area (Å²) in [6, 6.07) is 16.8. The van der Waals surface area contributed by atoms with E-state index >= 15 is 0 Å². The zero-order valence-electron chi connectivity index (χ0n) is 24.2. The van der Waals surface area contributed by atoms with E-state index in [2.05, 4.69) is 26.1 Å². The second-order valence-corrected chi connectivity index (χ2v) is 11.8. The smallest absolute Gasteiger partial charge is 0.294 e. The maximum atomic E-state index is 13.2. The van der Waals surface area contributed by atoms with Crippen LogP contribution < -0.4 is 19.7 Å². The SMILES string of the molecule is CCOc1cc(/C=C2/SC(=O)N(CC(=O)Nc3ccccc3N3CCOCC3)C2=O)cc(Br)c1OCc1ccc([N+](=O)[O-])cc1. The lowest BCUT2D eigenvalue weighted by molar-refractivity contribution is -0.384. The van der Waals surface area contributed by atoms with E-state index in [1.165, 1.54) is 12.1 Å². The van der Waals surface area contributed by atoms with Crippen LogP contribution >= 0.6 is 27.7 Å². The van der Waals surface area contributed by atoms with Crippen LogP contribution in [0.1, 0.15) is 18.1 Å². The Morgan fingerprint density at radius 3 is 2.56 bits per heavy atom. The number of carbonyl (C=O) groups is 3. The summed E-state index contributed by atoms with van der Waals surface area (Å²) in [6.45, 7) is 4.42. The Kier molecular flexibility index (Phi) is 10.4. The van der Waals surface area contributed by atoms with Crippen LogP contribution in [0.5, 0.6) is 11.5 Å². The van der Waals surface area contributed by atoms with Gasteiger partial charge in [0, 0.05) is 25.2 Å². The number of imide groups is 1. The number of ether oxygens (including phenoxy) is 3. The van der Waals surface area contributed by atoms with E-state index in [4.69, 9.17) is 14.2 Å². The number of hydrogen-bond donors (Lipinski definition) is 1. The lowest BCUT2D eigenvalue weighted by Gasteiger charge is -2.30. The van der Waals surface area contributed by atoms with Crippen molar-refractivity contribution in [2.45, 2.75) is 13.5 Å². The zero-order chi connectivity index (χ0) is 31.9. The van der Waals surface area contributed by atoms with Gasteiger partial charge < -0.3 is 24.4 Å². The standard InChI is InChI=1S/C31H29BrN4O8S/c1-2-43-26-16-21(15-23(32)29(26)44-19-20-7-9-22(10-8-20)36(40)41)17-27-30(38)35(31(39)45-27)18-28(37)33-24-5-3-4-6-25(24)34-11-13-42-14-12-34/h3-10,15-17H,2,11-14,18-19H2,1H3,(H,33,37)/b27-17+. The fourth-order valence-electron chi connectivity index (χ4n) is 4.72. The topological polar surface area (TPSA) is 141 Å². The van der Waals surface area contributed by atoms with Crippen LogP contribution in [0, 0.1) is 10.1 Å². The van der Waals surface area contributed by atoms with Crippen molar-refractivity contribution in [3.8, 4) is 11.5 Å². The largest absolute Gasteiger partial charge is 0.490 e. The van der Waals surface area contributed by atoms with Crippen LogP contribution in [0.15, 0.2) is 70.0 Å². The van der Waals surface area contributed by atoms with Gasteiger partial charge in [-0.25, -0.2) is 0 Å². The van der Waals surface area contributed by atoms with E-state index in [0.29, 0.717) is 60.1 Å². The number of non-ortho nitro benzene ring substituents is 1. The number of para-hydroxylation sites is 2. The van der Waals surface area contributed by atoms with Crippen molar-refractivity contribution in [3.05, 3.63) is 91.3 Å². The summed E-state index contributed by atoms with van der Waals surface area (Å²) in [7, 11) is 0. The third-order valence-electron chi connectivity index (χ3n) is 6.87. The minimum absolute atomic E-state index is 0.0153. The van der Waals surface area contributed by atoms with Gasteiger partial charge in [0.05, 0.1) is 45.5 Å². The minimum Gasteiger partial charge on any atom is -0.490 e. The number of hydrogen-bond acceptors (Lipinski definition) is 10. The van der Waals surface area contributed by atoms with Crippen LogP contribution in [0.3, 0.4) is 0 Å². The molecule has 1 N–H and O–H groups in total. The molecule has 0 atom stereocenters. The van der Waals surface area contributed by atoms with Crippen LogP contribution in [-0.4, -0.2) is 66.3 Å². The van der Waals surface area contributed by atoms with Crippen LogP contribution in [0.4, 0.5) is 21.9 Å². The van der Waals surface area contributed by atoms with Gasteiger partial charge in [-0.15, -0.1) is 0 Å². The summed E-state index contributed by atoms with van der Waals surface area (Å²) in [6.07, 6.45) is 1.56. The molecule has 14 heteroatoms. The van der Waals surface area contributed by atoms with E-state index in [-0.39, 0.29) is 17.2 Å². The van der Waals surface area contributed by atoms with Gasteiger partial charge in [-0.1, -0.05) is 12.1 Å². The molecular formula is C31H29BrN4O8S. The molecule has 0 spiro atoms. The predicted molar refractivity (Wildman–Crippen MR) is 174 cm³/mol. The molecule has 0 unspecified atom stereocenters. The van der Waals surface area contributed by atoms with Crippen molar-refractivity contribution in [3.63, 3.8) is 0 Å². The molecule has 45 heavy (non-hydrogen) atoms. The summed E-state index contributed by atoms with van der Waals surface area (Å²) >= 11 is 4.26. The fraction of sp³-hybridized carbons (Fsp3) is 0.258. The van der Waals surface area contributed by atoms with E-state index in [0.717, 1.165) is 27.9 Å². The minimum atomic E-state index is -0.575. The summed E-state index contributed by atoms with van der Waals surface area (Å²) < 4.78 is 17.7. The maximum absolute atomic E-state index is 13.2. The average molecular weight is 698 g/mol. The third-order valence-corrected chi connectivity index (χ3v) is 8.36. The van der Waals surface area contributed by atoms with Crippen LogP contribution in [0.25, 0.3) is 6.08 Å². The molecule has 3 aromatic rings. The normalized spacial score (nSPS) is 15.8. The van der Waals surface area contributed by atoms with Gasteiger partial charge in [-0.3, -0.25) is 29.4 Å². The number of carbonyl (C=O) groups excluding carboxylic acids is 3. The number of halogens is 1. The first-order valence-corrected chi connectivity index (χ1v) is 15.6. The number of nitrogens with zero attached hydrogens (tertiary/aromatic N) is 3. The first kappa shape index (κ1) is 32.0. The van der Waals surface area contributed by atoms with Crippen molar-refractivity contribution in [2.24, 2.45) is 0 Å². The molecule has 0 aliphatic carbocycles. The molecule has 5 rings (SSSR count).